The van der Waals surface area contributed by atoms with Gasteiger partial charge in [0.15, 0.2) is 0 Å². The van der Waals surface area contributed by atoms with Crippen molar-refractivity contribution in [2.45, 2.75) is 27.3 Å². The second-order valence-electron chi connectivity index (χ2n) is 7.00. The van der Waals surface area contributed by atoms with Crippen molar-refractivity contribution in [3.8, 4) is 5.75 Å². The normalized spacial score (nSPS) is 15.9. The van der Waals surface area contributed by atoms with E-state index in [1.54, 1.807) is 6.08 Å². The summed E-state index contributed by atoms with van der Waals surface area (Å²) in [6, 6.07) is 15.4. The molecule has 2 aromatic carbocycles. The fourth-order valence-electron chi connectivity index (χ4n) is 2.64. The molecule has 0 aliphatic carbocycles. The Morgan fingerprint density at radius 2 is 1.78 bits per heavy atom. The van der Waals surface area contributed by atoms with Crippen LogP contribution in [0.15, 0.2) is 53.4 Å². The average molecular weight is 381 g/mol. The van der Waals surface area contributed by atoms with E-state index in [0.29, 0.717) is 17.4 Å². The van der Waals surface area contributed by atoms with Crippen LogP contribution in [0.3, 0.4) is 0 Å². The maximum absolute atomic E-state index is 12.7. The first kappa shape index (κ1) is 19.2. The van der Waals surface area contributed by atoms with Crippen molar-refractivity contribution < 1.29 is 14.3 Å². The van der Waals surface area contributed by atoms with Crippen molar-refractivity contribution in [3.05, 3.63) is 70.1 Å². The van der Waals surface area contributed by atoms with Gasteiger partial charge in [0.2, 0.25) is 0 Å². The fourth-order valence-corrected chi connectivity index (χ4v) is 3.47. The molecule has 0 saturated carbocycles. The number of hydrogen-bond donors (Lipinski definition) is 0. The van der Waals surface area contributed by atoms with E-state index in [-0.39, 0.29) is 17.7 Å². The lowest BCUT2D eigenvalue weighted by Gasteiger charge is -2.13. The summed E-state index contributed by atoms with van der Waals surface area (Å²) < 4.78 is 5.84. The summed E-state index contributed by atoms with van der Waals surface area (Å²) in [6.07, 6.45) is 1.75. The van der Waals surface area contributed by atoms with Gasteiger partial charge in [0.05, 0.1) is 18.1 Å². The van der Waals surface area contributed by atoms with E-state index in [2.05, 4.69) is 13.8 Å². The van der Waals surface area contributed by atoms with Gasteiger partial charge in [-0.1, -0.05) is 61.9 Å². The zero-order valence-electron chi connectivity index (χ0n) is 15.8. The molecule has 1 saturated heterocycles. The molecular weight excluding hydrogens is 358 g/mol. The molecule has 1 heterocycles. The minimum atomic E-state index is -0.260. The summed E-state index contributed by atoms with van der Waals surface area (Å²) >= 11 is 0.975. The number of aryl methyl sites for hydroxylation is 1. The van der Waals surface area contributed by atoms with Crippen LogP contribution in [0.25, 0.3) is 6.08 Å². The summed E-state index contributed by atoms with van der Waals surface area (Å²) in [7, 11) is 0. The van der Waals surface area contributed by atoms with E-state index >= 15 is 0 Å². The molecule has 0 radical (unpaired) electrons. The lowest BCUT2D eigenvalue weighted by molar-refractivity contribution is -0.123. The molecule has 3 rings (SSSR count). The van der Waals surface area contributed by atoms with Gasteiger partial charge in [-0.05, 0) is 42.3 Å². The van der Waals surface area contributed by atoms with E-state index in [4.69, 9.17) is 4.74 Å². The molecule has 4 nitrogen and oxygen atoms in total. The van der Waals surface area contributed by atoms with Gasteiger partial charge in [-0.25, -0.2) is 0 Å². The van der Waals surface area contributed by atoms with Crippen LogP contribution in [0.2, 0.25) is 0 Å². The standard InChI is InChI=1S/C22H23NO3S/c1-15(2)14-26-19-7-5-4-6-18(19)12-20-21(24)23(22(25)27-20)13-17-10-8-16(3)9-11-17/h4-12,15H,13-14H2,1-3H3/b20-12-. The Morgan fingerprint density at radius 1 is 1.07 bits per heavy atom. The van der Waals surface area contributed by atoms with Gasteiger partial charge in [0.1, 0.15) is 5.75 Å². The summed E-state index contributed by atoms with van der Waals surface area (Å²) in [4.78, 5) is 26.8. The van der Waals surface area contributed by atoms with Crippen LogP contribution in [0.5, 0.6) is 5.75 Å². The molecule has 1 fully saturated rings. The maximum Gasteiger partial charge on any atom is 0.293 e. The number of hydrogen-bond acceptors (Lipinski definition) is 4. The number of nitrogens with zero attached hydrogens (tertiary/aromatic N) is 1. The van der Waals surface area contributed by atoms with Crippen LogP contribution in [0.4, 0.5) is 4.79 Å². The quantitative estimate of drug-likeness (QED) is 0.640. The number of para-hydroxylation sites is 1. The predicted molar refractivity (Wildman–Crippen MR) is 109 cm³/mol. The highest BCUT2D eigenvalue weighted by Crippen LogP contribution is 2.35. The third kappa shape index (κ3) is 4.80. The second-order valence-corrected chi connectivity index (χ2v) is 7.99. The number of amides is 2. The first-order valence-electron chi connectivity index (χ1n) is 8.97. The Bertz CT molecular complexity index is 871. The SMILES string of the molecule is Cc1ccc(CN2C(=O)S/C(=C\c3ccccc3OCC(C)C)C2=O)cc1. The highest BCUT2D eigenvalue weighted by molar-refractivity contribution is 8.18. The average Bonchev–Trinajstić information content (AvgIpc) is 2.90. The predicted octanol–water partition coefficient (Wildman–Crippen LogP) is 5.27. The summed E-state index contributed by atoms with van der Waals surface area (Å²) in [6.45, 7) is 7.05. The summed E-state index contributed by atoms with van der Waals surface area (Å²) in [5.74, 6) is 0.862. The van der Waals surface area contributed by atoms with Crippen molar-refractivity contribution in [2.75, 3.05) is 6.61 Å². The maximum atomic E-state index is 12.7. The summed E-state index contributed by atoms with van der Waals surface area (Å²) in [5, 5.41) is -0.243. The van der Waals surface area contributed by atoms with Crippen molar-refractivity contribution in [3.63, 3.8) is 0 Å². The Kier molecular flexibility index (Phi) is 6.01. The zero-order valence-corrected chi connectivity index (χ0v) is 16.6. The number of thioether (sulfide) groups is 1. The molecule has 0 bridgehead atoms. The molecule has 0 atom stereocenters. The molecule has 1 aliphatic heterocycles. The lowest BCUT2D eigenvalue weighted by Crippen LogP contribution is -2.27. The molecule has 2 aromatic rings. The van der Waals surface area contributed by atoms with Crippen molar-refractivity contribution in [1.82, 2.24) is 4.90 Å². The zero-order chi connectivity index (χ0) is 19.4. The first-order chi connectivity index (χ1) is 12.9. The smallest absolute Gasteiger partial charge is 0.293 e. The molecule has 1 aliphatic rings. The summed E-state index contributed by atoms with van der Waals surface area (Å²) in [5.41, 5.74) is 2.88. The molecule has 0 aromatic heterocycles. The third-order valence-corrected chi connectivity index (χ3v) is 5.02. The highest BCUT2D eigenvalue weighted by Gasteiger charge is 2.35. The fraction of sp³-hybridized carbons (Fsp3) is 0.273. The van der Waals surface area contributed by atoms with E-state index in [0.717, 1.165) is 34.2 Å². The number of imide groups is 1. The molecule has 0 N–H and O–H groups in total. The van der Waals surface area contributed by atoms with Crippen LogP contribution in [0.1, 0.15) is 30.5 Å². The first-order valence-corrected chi connectivity index (χ1v) is 9.78. The van der Waals surface area contributed by atoms with E-state index in [1.165, 1.54) is 4.90 Å². The van der Waals surface area contributed by atoms with Crippen LogP contribution >= 0.6 is 11.8 Å². The number of carbonyl (C=O) groups excluding carboxylic acids is 2. The van der Waals surface area contributed by atoms with Gasteiger partial charge >= 0.3 is 0 Å². The van der Waals surface area contributed by atoms with Gasteiger partial charge in [0.25, 0.3) is 11.1 Å². The van der Waals surface area contributed by atoms with Gasteiger partial charge in [0, 0.05) is 5.56 Å². The monoisotopic (exact) mass is 381 g/mol. The number of benzene rings is 2. The van der Waals surface area contributed by atoms with Crippen molar-refractivity contribution in [1.29, 1.82) is 0 Å². The van der Waals surface area contributed by atoms with Crippen molar-refractivity contribution in [2.24, 2.45) is 5.92 Å². The largest absolute Gasteiger partial charge is 0.493 e. The molecule has 0 unspecified atom stereocenters. The third-order valence-electron chi connectivity index (χ3n) is 4.11. The Morgan fingerprint density at radius 3 is 2.48 bits per heavy atom. The molecule has 5 heteroatoms. The minimum absolute atomic E-state index is 0.243. The van der Waals surface area contributed by atoms with Gasteiger partial charge in [-0.3, -0.25) is 14.5 Å². The molecular formula is C22H23NO3S. The van der Waals surface area contributed by atoms with Crippen LogP contribution < -0.4 is 4.74 Å². The Hall–Kier alpha value is -2.53. The van der Waals surface area contributed by atoms with Crippen LogP contribution in [0, 0.1) is 12.8 Å². The van der Waals surface area contributed by atoms with Gasteiger partial charge in [-0.2, -0.15) is 0 Å². The second kappa shape index (κ2) is 8.44. The van der Waals surface area contributed by atoms with Crippen LogP contribution in [-0.4, -0.2) is 22.7 Å². The van der Waals surface area contributed by atoms with E-state index in [9.17, 15) is 9.59 Å². The van der Waals surface area contributed by atoms with E-state index in [1.807, 2.05) is 55.5 Å². The van der Waals surface area contributed by atoms with Crippen molar-refractivity contribution >= 4 is 29.0 Å². The molecule has 27 heavy (non-hydrogen) atoms. The number of rotatable bonds is 6. The lowest BCUT2D eigenvalue weighted by atomic mass is 10.1. The van der Waals surface area contributed by atoms with Crippen LogP contribution in [-0.2, 0) is 11.3 Å². The minimum Gasteiger partial charge on any atom is -0.493 e. The molecule has 0 spiro atoms. The van der Waals surface area contributed by atoms with E-state index < -0.39 is 0 Å². The highest BCUT2D eigenvalue weighted by atomic mass is 32.2. The number of ether oxygens (including phenoxy) is 1. The topological polar surface area (TPSA) is 46.6 Å². The number of carbonyl (C=O) groups is 2. The van der Waals surface area contributed by atoms with Gasteiger partial charge in [-0.15, -0.1) is 0 Å². The molecule has 2 amide bonds. The van der Waals surface area contributed by atoms with Gasteiger partial charge < -0.3 is 4.74 Å². The molecule has 140 valence electrons. The Labute approximate surface area is 164 Å². The Balaban J connectivity index is 1.79.